The first kappa shape index (κ1) is 18.3. The molecule has 0 saturated carbocycles. The van der Waals surface area contributed by atoms with Crippen molar-refractivity contribution in [2.75, 3.05) is 10.6 Å². The molecule has 0 saturated heterocycles. The number of rotatable bonds is 7. The SMILES string of the molecule is CC(C)Oc1ncccc1NC(=O)Nc1cccc(CCC(=O)O)c1. The third kappa shape index (κ3) is 6.14. The Kier molecular flexibility index (Phi) is 6.33. The molecule has 1 aromatic heterocycles. The zero-order chi connectivity index (χ0) is 18.2. The van der Waals surface area contributed by atoms with Crippen molar-refractivity contribution >= 4 is 23.4 Å². The van der Waals surface area contributed by atoms with Crippen molar-refractivity contribution in [3.8, 4) is 5.88 Å². The highest BCUT2D eigenvalue weighted by atomic mass is 16.5. The Labute approximate surface area is 146 Å². The lowest BCUT2D eigenvalue weighted by molar-refractivity contribution is -0.136. The molecule has 2 amide bonds. The maximum absolute atomic E-state index is 12.2. The van der Waals surface area contributed by atoms with Gasteiger partial charge in [0.05, 0.1) is 6.10 Å². The molecule has 25 heavy (non-hydrogen) atoms. The smallest absolute Gasteiger partial charge is 0.323 e. The Hall–Kier alpha value is -3.09. The van der Waals surface area contributed by atoms with Crippen LogP contribution in [0.25, 0.3) is 0 Å². The van der Waals surface area contributed by atoms with Crippen LogP contribution in [0.1, 0.15) is 25.8 Å². The average molecular weight is 343 g/mol. The maximum Gasteiger partial charge on any atom is 0.323 e. The standard InChI is InChI=1S/C18H21N3O4/c1-12(2)25-17-15(7-4-10-19-17)21-18(24)20-14-6-3-5-13(11-14)8-9-16(22)23/h3-7,10-12H,8-9H2,1-2H3,(H,22,23)(H2,20,21,24). The van der Waals surface area contributed by atoms with E-state index in [-0.39, 0.29) is 12.5 Å². The van der Waals surface area contributed by atoms with E-state index in [0.29, 0.717) is 23.7 Å². The van der Waals surface area contributed by atoms with E-state index < -0.39 is 12.0 Å². The van der Waals surface area contributed by atoms with Crippen LogP contribution < -0.4 is 15.4 Å². The number of hydrogen-bond donors (Lipinski definition) is 3. The molecule has 132 valence electrons. The quantitative estimate of drug-likeness (QED) is 0.714. The number of ether oxygens (including phenoxy) is 1. The summed E-state index contributed by atoms with van der Waals surface area (Å²) in [6, 6.07) is 10.0. The second-order valence-electron chi connectivity index (χ2n) is 5.70. The molecule has 1 heterocycles. The molecule has 2 rings (SSSR count). The molecular weight excluding hydrogens is 322 g/mol. The number of pyridine rings is 1. The number of nitrogens with one attached hydrogen (secondary N) is 2. The predicted octanol–water partition coefficient (Wildman–Crippen LogP) is 3.53. The summed E-state index contributed by atoms with van der Waals surface area (Å²) in [5.41, 5.74) is 1.89. The first-order chi connectivity index (χ1) is 11.9. The molecular formula is C18H21N3O4. The fourth-order valence-electron chi connectivity index (χ4n) is 2.14. The van der Waals surface area contributed by atoms with Crippen LogP contribution >= 0.6 is 0 Å². The second kappa shape index (κ2) is 8.68. The minimum atomic E-state index is -0.856. The van der Waals surface area contributed by atoms with E-state index >= 15 is 0 Å². The van der Waals surface area contributed by atoms with Gasteiger partial charge in [-0.1, -0.05) is 12.1 Å². The van der Waals surface area contributed by atoms with Crippen LogP contribution in [0.4, 0.5) is 16.2 Å². The first-order valence-electron chi connectivity index (χ1n) is 7.94. The number of carboxylic acid groups (broad SMARTS) is 1. The van der Waals surface area contributed by atoms with Gasteiger partial charge in [0, 0.05) is 18.3 Å². The lowest BCUT2D eigenvalue weighted by Gasteiger charge is -2.14. The molecule has 0 atom stereocenters. The van der Waals surface area contributed by atoms with Crippen molar-refractivity contribution < 1.29 is 19.4 Å². The van der Waals surface area contributed by atoms with Gasteiger partial charge in [0.25, 0.3) is 0 Å². The summed E-state index contributed by atoms with van der Waals surface area (Å²) < 4.78 is 5.56. The summed E-state index contributed by atoms with van der Waals surface area (Å²) in [4.78, 5) is 27.0. The van der Waals surface area contributed by atoms with Crippen molar-refractivity contribution in [2.45, 2.75) is 32.8 Å². The molecule has 0 aliphatic carbocycles. The molecule has 0 spiro atoms. The average Bonchev–Trinajstić information content (AvgIpc) is 2.54. The number of aliphatic carboxylic acids is 1. The molecule has 0 aliphatic heterocycles. The van der Waals surface area contributed by atoms with Crippen molar-refractivity contribution in [1.82, 2.24) is 4.98 Å². The monoisotopic (exact) mass is 343 g/mol. The number of aromatic nitrogens is 1. The number of hydrogen-bond acceptors (Lipinski definition) is 4. The Morgan fingerprint density at radius 3 is 2.72 bits per heavy atom. The Morgan fingerprint density at radius 2 is 2.00 bits per heavy atom. The maximum atomic E-state index is 12.2. The first-order valence-corrected chi connectivity index (χ1v) is 7.94. The van der Waals surface area contributed by atoms with Gasteiger partial charge in [-0.25, -0.2) is 9.78 Å². The van der Waals surface area contributed by atoms with Crippen LogP contribution in [0.3, 0.4) is 0 Å². The molecule has 0 unspecified atom stereocenters. The number of amides is 2. The molecule has 2 aromatic rings. The minimum Gasteiger partial charge on any atom is -0.481 e. The fourth-order valence-corrected chi connectivity index (χ4v) is 2.14. The number of urea groups is 1. The van der Waals surface area contributed by atoms with Crippen molar-refractivity contribution in [3.05, 3.63) is 48.2 Å². The molecule has 7 heteroatoms. The van der Waals surface area contributed by atoms with Gasteiger partial charge in [-0.05, 0) is 50.1 Å². The molecule has 0 fully saturated rings. The third-order valence-corrected chi connectivity index (χ3v) is 3.18. The van der Waals surface area contributed by atoms with Gasteiger partial charge in [0.1, 0.15) is 5.69 Å². The zero-order valence-electron chi connectivity index (χ0n) is 14.2. The van der Waals surface area contributed by atoms with E-state index in [4.69, 9.17) is 9.84 Å². The normalized spacial score (nSPS) is 10.4. The molecule has 1 aromatic carbocycles. The summed E-state index contributed by atoms with van der Waals surface area (Å²) in [5.74, 6) is -0.506. The largest absolute Gasteiger partial charge is 0.481 e. The van der Waals surface area contributed by atoms with Crippen LogP contribution in [0, 0.1) is 0 Å². The molecule has 7 nitrogen and oxygen atoms in total. The fraction of sp³-hybridized carbons (Fsp3) is 0.278. The van der Waals surface area contributed by atoms with Crippen LogP contribution in [0.5, 0.6) is 5.88 Å². The summed E-state index contributed by atoms with van der Waals surface area (Å²) >= 11 is 0. The van der Waals surface area contributed by atoms with E-state index in [1.807, 2.05) is 19.9 Å². The van der Waals surface area contributed by atoms with E-state index in [1.165, 1.54) is 0 Å². The highest BCUT2D eigenvalue weighted by Gasteiger charge is 2.10. The number of anilines is 2. The topological polar surface area (TPSA) is 101 Å². The Morgan fingerprint density at radius 1 is 1.20 bits per heavy atom. The number of aryl methyl sites for hydroxylation is 1. The van der Waals surface area contributed by atoms with Crippen molar-refractivity contribution in [1.29, 1.82) is 0 Å². The Bertz CT molecular complexity index is 747. The molecule has 0 bridgehead atoms. The van der Waals surface area contributed by atoms with Gasteiger partial charge in [-0.3, -0.25) is 4.79 Å². The summed E-state index contributed by atoms with van der Waals surface area (Å²) in [6.45, 7) is 3.75. The number of benzene rings is 1. The van der Waals surface area contributed by atoms with Gasteiger partial charge in [0.2, 0.25) is 5.88 Å². The summed E-state index contributed by atoms with van der Waals surface area (Å²) in [7, 11) is 0. The number of carbonyl (C=O) groups is 2. The van der Waals surface area contributed by atoms with E-state index in [2.05, 4.69) is 15.6 Å². The highest BCUT2D eigenvalue weighted by Crippen LogP contribution is 2.22. The molecule has 0 aliphatic rings. The van der Waals surface area contributed by atoms with Gasteiger partial charge >= 0.3 is 12.0 Å². The number of nitrogens with zero attached hydrogens (tertiary/aromatic N) is 1. The van der Waals surface area contributed by atoms with Gasteiger partial charge in [0.15, 0.2) is 0 Å². The van der Waals surface area contributed by atoms with Crippen LogP contribution in [-0.4, -0.2) is 28.2 Å². The van der Waals surface area contributed by atoms with Gasteiger partial charge in [-0.2, -0.15) is 0 Å². The minimum absolute atomic E-state index is 0.0429. The van der Waals surface area contributed by atoms with Crippen LogP contribution in [0.15, 0.2) is 42.6 Å². The number of carboxylic acids is 1. The third-order valence-electron chi connectivity index (χ3n) is 3.18. The van der Waals surface area contributed by atoms with Crippen molar-refractivity contribution in [3.63, 3.8) is 0 Å². The lowest BCUT2D eigenvalue weighted by atomic mass is 10.1. The Balaban J connectivity index is 2.01. The number of carbonyl (C=O) groups excluding carboxylic acids is 1. The van der Waals surface area contributed by atoms with Crippen molar-refractivity contribution in [2.24, 2.45) is 0 Å². The van der Waals surface area contributed by atoms with Crippen LogP contribution in [-0.2, 0) is 11.2 Å². The summed E-state index contributed by atoms with van der Waals surface area (Å²) in [5, 5.41) is 14.2. The van der Waals surface area contributed by atoms with E-state index in [0.717, 1.165) is 5.56 Å². The molecule has 3 N–H and O–H groups in total. The van der Waals surface area contributed by atoms with E-state index in [1.54, 1.807) is 36.5 Å². The molecule has 0 radical (unpaired) electrons. The van der Waals surface area contributed by atoms with Crippen LogP contribution in [0.2, 0.25) is 0 Å². The van der Waals surface area contributed by atoms with Gasteiger partial charge in [-0.15, -0.1) is 0 Å². The van der Waals surface area contributed by atoms with Gasteiger partial charge < -0.3 is 20.5 Å². The predicted molar refractivity (Wildman–Crippen MR) is 95.0 cm³/mol. The second-order valence-corrected chi connectivity index (χ2v) is 5.70. The summed E-state index contributed by atoms with van der Waals surface area (Å²) in [6.07, 6.45) is 1.97. The highest BCUT2D eigenvalue weighted by molar-refractivity contribution is 6.00. The lowest BCUT2D eigenvalue weighted by Crippen LogP contribution is -2.20. The van der Waals surface area contributed by atoms with E-state index in [9.17, 15) is 9.59 Å². The zero-order valence-corrected chi connectivity index (χ0v) is 14.2.